The molecule has 0 saturated heterocycles. The van der Waals surface area contributed by atoms with Gasteiger partial charge in [-0.2, -0.15) is 5.10 Å². The second-order valence-corrected chi connectivity index (χ2v) is 5.83. The fourth-order valence-corrected chi connectivity index (χ4v) is 2.64. The molecule has 0 spiro atoms. The van der Waals surface area contributed by atoms with Gasteiger partial charge in [-0.15, -0.1) is 0 Å². The van der Waals surface area contributed by atoms with Crippen LogP contribution >= 0.6 is 27.5 Å². The molecule has 1 aromatic heterocycles. The van der Waals surface area contributed by atoms with Crippen molar-refractivity contribution in [1.29, 1.82) is 0 Å². The van der Waals surface area contributed by atoms with E-state index in [0.29, 0.717) is 11.6 Å². The minimum absolute atomic E-state index is 0.666. The summed E-state index contributed by atoms with van der Waals surface area (Å²) in [5, 5.41) is 9.78. The summed E-state index contributed by atoms with van der Waals surface area (Å²) in [5.41, 5.74) is 3.15. The molecule has 0 radical (unpaired) electrons. The second-order valence-electron chi connectivity index (χ2n) is 4.57. The van der Waals surface area contributed by atoms with Gasteiger partial charge in [-0.3, -0.25) is 4.68 Å². The lowest BCUT2D eigenvalue weighted by Gasteiger charge is -2.06. The van der Waals surface area contributed by atoms with Crippen LogP contribution in [0.1, 0.15) is 5.69 Å². The highest BCUT2D eigenvalue weighted by molar-refractivity contribution is 9.10. The number of para-hydroxylation sites is 1. The molecule has 3 nitrogen and oxygen atoms in total. The van der Waals surface area contributed by atoms with E-state index in [1.54, 1.807) is 0 Å². The molecule has 20 heavy (non-hydrogen) atoms. The Balaban J connectivity index is 1.85. The minimum Gasteiger partial charge on any atom is -0.379 e. The molecule has 1 N–H and O–H groups in total. The van der Waals surface area contributed by atoms with E-state index in [2.05, 4.69) is 38.5 Å². The van der Waals surface area contributed by atoms with Crippen molar-refractivity contribution in [3.05, 3.63) is 57.7 Å². The van der Waals surface area contributed by atoms with E-state index in [9.17, 15) is 0 Å². The molecule has 0 atom stereocenters. The summed E-state index contributed by atoms with van der Waals surface area (Å²) in [7, 11) is 1.96. The zero-order valence-corrected chi connectivity index (χ0v) is 13.2. The van der Waals surface area contributed by atoms with Gasteiger partial charge in [0.05, 0.1) is 22.8 Å². The normalized spacial score (nSPS) is 10.9. The van der Waals surface area contributed by atoms with Crippen LogP contribution in [0.15, 0.2) is 46.9 Å². The Labute approximate surface area is 130 Å². The average Bonchev–Trinajstić information content (AvgIpc) is 2.78. The molecule has 102 valence electrons. The molecular weight excluding hydrogens is 338 g/mol. The molecule has 2 aromatic carbocycles. The summed E-state index contributed by atoms with van der Waals surface area (Å²) >= 11 is 9.47. The van der Waals surface area contributed by atoms with Gasteiger partial charge in [0.1, 0.15) is 0 Å². The molecule has 0 unspecified atom stereocenters. The van der Waals surface area contributed by atoms with Crippen molar-refractivity contribution < 1.29 is 0 Å². The van der Waals surface area contributed by atoms with E-state index >= 15 is 0 Å². The highest BCUT2D eigenvalue weighted by atomic mass is 79.9. The van der Waals surface area contributed by atoms with Crippen LogP contribution in [0.4, 0.5) is 5.69 Å². The number of aryl methyl sites for hydroxylation is 1. The van der Waals surface area contributed by atoms with Crippen molar-refractivity contribution in [2.75, 3.05) is 5.32 Å². The van der Waals surface area contributed by atoms with Crippen molar-refractivity contribution >= 4 is 44.1 Å². The molecule has 0 bridgehead atoms. The first-order valence-electron chi connectivity index (χ1n) is 6.24. The van der Waals surface area contributed by atoms with Gasteiger partial charge in [-0.05, 0) is 40.2 Å². The average molecular weight is 351 g/mol. The number of rotatable bonds is 3. The first kappa shape index (κ1) is 13.5. The van der Waals surface area contributed by atoms with Crippen LogP contribution in [-0.2, 0) is 13.6 Å². The SMILES string of the molecule is Cn1nc(CNc2ccc(Br)c(Cl)c2)c2ccccc21. The Kier molecular flexibility index (Phi) is 3.68. The molecule has 0 aliphatic carbocycles. The van der Waals surface area contributed by atoms with Gasteiger partial charge < -0.3 is 5.32 Å². The number of benzene rings is 2. The van der Waals surface area contributed by atoms with Crippen molar-refractivity contribution in [3.8, 4) is 0 Å². The molecule has 3 rings (SSSR count). The lowest BCUT2D eigenvalue weighted by molar-refractivity contribution is 0.771. The smallest absolute Gasteiger partial charge is 0.0894 e. The van der Waals surface area contributed by atoms with Crippen molar-refractivity contribution in [3.63, 3.8) is 0 Å². The summed E-state index contributed by atoms with van der Waals surface area (Å²) in [6.45, 7) is 0.666. The third kappa shape index (κ3) is 2.53. The topological polar surface area (TPSA) is 29.9 Å². The third-order valence-corrected chi connectivity index (χ3v) is 4.45. The van der Waals surface area contributed by atoms with E-state index in [-0.39, 0.29) is 0 Å². The summed E-state index contributed by atoms with van der Waals surface area (Å²) in [6.07, 6.45) is 0. The van der Waals surface area contributed by atoms with E-state index in [0.717, 1.165) is 21.4 Å². The fraction of sp³-hybridized carbons (Fsp3) is 0.133. The van der Waals surface area contributed by atoms with E-state index < -0.39 is 0 Å². The third-order valence-electron chi connectivity index (χ3n) is 3.21. The van der Waals surface area contributed by atoms with Gasteiger partial charge in [0, 0.05) is 22.6 Å². The lowest BCUT2D eigenvalue weighted by atomic mass is 10.2. The Morgan fingerprint density at radius 2 is 2.05 bits per heavy atom. The Morgan fingerprint density at radius 1 is 1.25 bits per heavy atom. The molecule has 5 heteroatoms. The maximum atomic E-state index is 6.09. The maximum Gasteiger partial charge on any atom is 0.0894 e. The second kappa shape index (κ2) is 5.46. The van der Waals surface area contributed by atoms with E-state index in [1.165, 1.54) is 5.39 Å². The Hall–Kier alpha value is -1.52. The number of aromatic nitrogens is 2. The van der Waals surface area contributed by atoms with Gasteiger partial charge in [0.2, 0.25) is 0 Å². The highest BCUT2D eigenvalue weighted by Gasteiger charge is 2.07. The largest absolute Gasteiger partial charge is 0.379 e. The van der Waals surface area contributed by atoms with Crippen LogP contribution in [0.25, 0.3) is 10.9 Å². The van der Waals surface area contributed by atoms with E-state index in [1.807, 2.05) is 42.1 Å². The van der Waals surface area contributed by atoms with Crippen LogP contribution in [0.3, 0.4) is 0 Å². The monoisotopic (exact) mass is 349 g/mol. The van der Waals surface area contributed by atoms with Gasteiger partial charge in [-0.25, -0.2) is 0 Å². The number of nitrogens with zero attached hydrogens (tertiary/aromatic N) is 2. The molecule has 0 aliphatic heterocycles. The molecule has 0 aliphatic rings. The quantitative estimate of drug-likeness (QED) is 0.748. The number of hydrogen-bond acceptors (Lipinski definition) is 2. The first-order chi connectivity index (χ1) is 9.65. The fourth-order valence-electron chi connectivity index (χ4n) is 2.21. The van der Waals surface area contributed by atoms with Crippen LogP contribution in [0.5, 0.6) is 0 Å². The number of halogens is 2. The summed E-state index contributed by atoms with van der Waals surface area (Å²) in [6, 6.07) is 14.0. The molecule has 0 saturated carbocycles. The van der Waals surface area contributed by atoms with Crippen LogP contribution in [0, 0.1) is 0 Å². The summed E-state index contributed by atoms with van der Waals surface area (Å²) in [5.74, 6) is 0. The van der Waals surface area contributed by atoms with Crippen LogP contribution in [0.2, 0.25) is 5.02 Å². The number of fused-ring (bicyclic) bond motifs is 1. The minimum atomic E-state index is 0.666. The van der Waals surface area contributed by atoms with Crippen molar-refractivity contribution in [2.24, 2.45) is 7.05 Å². The standard InChI is InChI=1S/C15H13BrClN3/c1-20-15-5-3-2-4-11(15)14(19-20)9-18-10-6-7-12(16)13(17)8-10/h2-8,18H,9H2,1H3. The van der Waals surface area contributed by atoms with Gasteiger partial charge in [0.15, 0.2) is 0 Å². The highest BCUT2D eigenvalue weighted by Crippen LogP contribution is 2.26. The van der Waals surface area contributed by atoms with Crippen molar-refractivity contribution in [2.45, 2.75) is 6.54 Å². The number of nitrogens with one attached hydrogen (secondary N) is 1. The maximum absolute atomic E-state index is 6.09. The number of hydrogen-bond donors (Lipinski definition) is 1. The van der Waals surface area contributed by atoms with Crippen molar-refractivity contribution in [1.82, 2.24) is 9.78 Å². The molecule has 3 aromatic rings. The predicted octanol–water partition coefficient (Wildman–Crippen LogP) is 4.60. The van der Waals surface area contributed by atoms with Gasteiger partial charge in [-0.1, -0.05) is 29.8 Å². The van der Waals surface area contributed by atoms with Crippen LogP contribution < -0.4 is 5.32 Å². The lowest BCUT2D eigenvalue weighted by Crippen LogP contribution is -2.01. The van der Waals surface area contributed by atoms with E-state index in [4.69, 9.17) is 11.6 Å². The Morgan fingerprint density at radius 3 is 2.85 bits per heavy atom. The van der Waals surface area contributed by atoms with Crippen LogP contribution in [-0.4, -0.2) is 9.78 Å². The molecule has 1 heterocycles. The summed E-state index contributed by atoms with van der Waals surface area (Å²) < 4.78 is 2.80. The summed E-state index contributed by atoms with van der Waals surface area (Å²) in [4.78, 5) is 0. The Bertz CT molecular complexity index is 767. The number of anilines is 1. The predicted molar refractivity (Wildman–Crippen MR) is 87.2 cm³/mol. The van der Waals surface area contributed by atoms with Gasteiger partial charge in [0.25, 0.3) is 0 Å². The molecule has 0 fully saturated rings. The molecule has 0 amide bonds. The van der Waals surface area contributed by atoms with Gasteiger partial charge >= 0.3 is 0 Å². The zero-order chi connectivity index (χ0) is 14.1. The zero-order valence-electron chi connectivity index (χ0n) is 10.9. The molecular formula is C15H13BrClN3. The first-order valence-corrected chi connectivity index (χ1v) is 7.42.